The smallest absolute Gasteiger partial charge is 0.133 e. The van der Waals surface area contributed by atoms with Gasteiger partial charge in [0, 0.05) is 22.1 Å². The zero-order valence-corrected chi connectivity index (χ0v) is 14.4. The summed E-state index contributed by atoms with van der Waals surface area (Å²) in [6.45, 7) is 1.00. The van der Waals surface area contributed by atoms with Gasteiger partial charge in [0.15, 0.2) is 0 Å². The molecule has 0 radical (unpaired) electrons. The maximum Gasteiger partial charge on any atom is 0.133 e. The van der Waals surface area contributed by atoms with Crippen LogP contribution in [0.2, 0.25) is 0 Å². The van der Waals surface area contributed by atoms with E-state index in [1.54, 1.807) is 0 Å². The molecule has 0 saturated carbocycles. The fraction of sp³-hybridized carbons (Fsp3) is 0.211. The first kappa shape index (κ1) is 14.5. The Labute approximate surface area is 144 Å². The highest BCUT2D eigenvalue weighted by Crippen LogP contribution is 2.34. The summed E-state index contributed by atoms with van der Waals surface area (Å²) in [4.78, 5) is 0. The van der Waals surface area contributed by atoms with Crippen LogP contribution < -0.4 is 5.32 Å². The molecule has 0 spiro atoms. The average molecular weight is 368 g/mol. The molecular formula is C19H18BrN3. The number of aromatic nitrogens is 2. The molecule has 4 rings (SSSR count). The molecule has 2 aromatic carbocycles. The van der Waals surface area contributed by atoms with Gasteiger partial charge < -0.3 is 5.32 Å². The first-order valence-corrected chi connectivity index (χ1v) is 8.79. The van der Waals surface area contributed by atoms with Crippen molar-refractivity contribution >= 4 is 21.7 Å². The lowest BCUT2D eigenvalue weighted by Gasteiger charge is -2.09. The molecule has 0 bridgehead atoms. The van der Waals surface area contributed by atoms with Gasteiger partial charge in [-0.3, -0.25) is 0 Å². The lowest BCUT2D eigenvalue weighted by molar-refractivity contribution is 0.780. The van der Waals surface area contributed by atoms with Gasteiger partial charge in [0.25, 0.3) is 0 Å². The Kier molecular flexibility index (Phi) is 3.92. The Balaban J connectivity index is 1.92. The summed E-state index contributed by atoms with van der Waals surface area (Å²) >= 11 is 3.56. The highest BCUT2D eigenvalue weighted by Gasteiger charge is 2.21. The predicted molar refractivity (Wildman–Crippen MR) is 98.1 cm³/mol. The number of anilines is 1. The third-order valence-corrected chi connectivity index (χ3v) is 4.72. The third-order valence-electron chi connectivity index (χ3n) is 4.23. The molecule has 3 aromatic rings. The van der Waals surface area contributed by atoms with Crippen LogP contribution in [0.15, 0.2) is 59.1 Å². The first-order valence-electron chi connectivity index (χ1n) is 8.00. The number of nitrogens with one attached hydrogen (secondary N) is 1. The van der Waals surface area contributed by atoms with Crippen LogP contribution in [0, 0.1) is 0 Å². The van der Waals surface area contributed by atoms with Crippen molar-refractivity contribution < 1.29 is 0 Å². The van der Waals surface area contributed by atoms with Crippen molar-refractivity contribution in [3.05, 3.63) is 64.6 Å². The number of rotatable bonds is 2. The maximum absolute atomic E-state index is 4.95. The second-order valence-corrected chi connectivity index (χ2v) is 6.73. The summed E-state index contributed by atoms with van der Waals surface area (Å²) in [5, 5.41) is 8.54. The molecule has 1 aromatic heterocycles. The summed E-state index contributed by atoms with van der Waals surface area (Å²) in [7, 11) is 0. The van der Waals surface area contributed by atoms with Crippen LogP contribution in [0.25, 0.3) is 16.9 Å². The third kappa shape index (κ3) is 2.79. The highest BCUT2D eigenvalue weighted by molar-refractivity contribution is 9.10. The van der Waals surface area contributed by atoms with Gasteiger partial charge in [0.2, 0.25) is 0 Å². The predicted octanol–water partition coefficient (Wildman–Crippen LogP) is 5.05. The minimum atomic E-state index is 1.00. The van der Waals surface area contributed by atoms with E-state index in [0.29, 0.717) is 0 Å². The zero-order chi connectivity index (χ0) is 15.6. The van der Waals surface area contributed by atoms with Gasteiger partial charge in [0.1, 0.15) is 5.82 Å². The van der Waals surface area contributed by atoms with Gasteiger partial charge in [-0.05, 0) is 37.5 Å². The molecule has 1 aliphatic heterocycles. The van der Waals surface area contributed by atoms with Crippen LogP contribution >= 0.6 is 15.9 Å². The number of nitrogens with zero attached hydrogens (tertiary/aromatic N) is 2. The molecular weight excluding hydrogens is 350 g/mol. The maximum atomic E-state index is 4.95. The van der Waals surface area contributed by atoms with Crippen LogP contribution in [0.5, 0.6) is 0 Å². The number of benzene rings is 2. The minimum Gasteiger partial charge on any atom is -0.370 e. The molecule has 2 heterocycles. The quantitative estimate of drug-likeness (QED) is 0.686. The Hall–Kier alpha value is -2.07. The lowest BCUT2D eigenvalue weighted by atomic mass is 10.0. The molecule has 0 atom stereocenters. The van der Waals surface area contributed by atoms with E-state index in [1.807, 2.05) is 22.9 Å². The van der Waals surface area contributed by atoms with Gasteiger partial charge in [-0.2, -0.15) is 5.10 Å². The van der Waals surface area contributed by atoms with E-state index in [9.17, 15) is 0 Å². The van der Waals surface area contributed by atoms with Crippen molar-refractivity contribution in [2.75, 3.05) is 11.9 Å². The Morgan fingerprint density at radius 1 is 1.00 bits per heavy atom. The van der Waals surface area contributed by atoms with Gasteiger partial charge in [-0.1, -0.05) is 52.3 Å². The van der Waals surface area contributed by atoms with Crippen LogP contribution in [0.1, 0.15) is 18.4 Å². The molecule has 4 heteroatoms. The molecule has 0 amide bonds. The van der Waals surface area contributed by atoms with Gasteiger partial charge >= 0.3 is 0 Å². The normalized spacial score (nSPS) is 14.0. The molecule has 0 unspecified atom stereocenters. The average Bonchev–Trinajstić information content (AvgIpc) is 2.77. The summed E-state index contributed by atoms with van der Waals surface area (Å²) in [5.41, 5.74) is 4.68. The van der Waals surface area contributed by atoms with E-state index in [2.05, 4.69) is 57.6 Å². The second kappa shape index (κ2) is 6.20. The zero-order valence-electron chi connectivity index (χ0n) is 12.8. The van der Waals surface area contributed by atoms with Crippen molar-refractivity contribution in [2.24, 2.45) is 0 Å². The summed E-state index contributed by atoms with van der Waals surface area (Å²) < 4.78 is 3.11. The molecule has 3 nitrogen and oxygen atoms in total. The standard InChI is InChI=1S/C19H18BrN3/c20-15-9-6-10-16(13-15)23-19-17(11-4-5-12-21-19)18(22-23)14-7-2-1-3-8-14/h1-3,6-10,13,21H,4-5,11-12H2. The molecule has 116 valence electrons. The number of halogens is 1. The monoisotopic (exact) mass is 367 g/mol. The highest BCUT2D eigenvalue weighted by atomic mass is 79.9. The lowest BCUT2D eigenvalue weighted by Crippen LogP contribution is -2.07. The van der Waals surface area contributed by atoms with Crippen LogP contribution in [0.3, 0.4) is 0 Å². The van der Waals surface area contributed by atoms with E-state index in [-0.39, 0.29) is 0 Å². The summed E-state index contributed by atoms with van der Waals surface area (Å²) in [6.07, 6.45) is 3.46. The summed E-state index contributed by atoms with van der Waals surface area (Å²) in [5.74, 6) is 1.14. The van der Waals surface area contributed by atoms with E-state index < -0.39 is 0 Å². The van der Waals surface area contributed by atoms with Gasteiger partial charge in [-0.15, -0.1) is 0 Å². The van der Waals surface area contributed by atoms with Crippen molar-refractivity contribution in [3.8, 4) is 16.9 Å². The van der Waals surface area contributed by atoms with Crippen molar-refractivity contribution in [2.45, 2.75) is 19.3 Å². The largest absolute Gasteiger partial charge is 0.370 e. The van der Waals surface area contributed by atoms with Crippen molar-refractivity contribution in [3.63, 3.8) is 0 Å². The minimum absolute atomic E-state index is 1.00. The topological polar surface area (TPSA) is 29.9 Å². The molecule has 0 aliphatic carbocycles. The number of hydrogen-bond acceptors (Lipinski definition) is 2. The Morgan fingerprint density at radius 2 is 1.87 bits per heavy atom. The fourth-order valence-corrected chi connectivity index (χ4v) is 3.51. The van der Waals surface area contributed by atoms with Crippen LogP contribution in [0.4, 0.5) is 5.82 Å². The van der Waals surface area contributed by atoms with Gasteiger partial charge in [-0.25, -0.2) is 4.68 Å². The molecule has 0 fully saturated rings. The van der Waals surface area contributed by atoms with E-state index in [1.165, 1.54) is 24.0 Å². The SMILES string of the molecule is Brc1cccc(-n2nc(-c3ccccc3)c3c2NCCCC3)c1. The van der Waals surface area contributed by atoms with Crippen molar-refractivity contribution in [1.29, 1.82) is 0 Å². The summed E-state index contributed by atoms with van der Waals surface area (Å²) in [6, 6.07) is 18.8. The molecule has 23 heavy (non-hydrogen) atoms. The molecule has 1 aliphatic rings. The van der Waals surface area contributed by atoms with Gasteiger partial charge in [0.05, 0.1) is 11.4 Å². The first-order chi connectivity index (χ1) is 11.3. The molecule has 0 saturated heterocycles. The Morgan fingerprint density at radius 3 is 2.70 bits per heavy atom. The Bertz CT molecular complexity index is 824. The second-order valence-electron chi connectivity index (χ2n) is 5.82. The fourth-order valence-electron chi connectivity index (χ4n) is 3.12. The molecule has 1 N–H and O–H groups in total. The van der Waals surface area contributed by atoms with E-state index >= 15 is 0 Å². The van der Waals surface area contributed by atoms with E-state index in [0.717, 1.165) is 34.6 Å². The number of hydrogen-bond donors (Lipinski definition) is 1. The van der Waals surface area contributed by atoms with Crippen LogP contribution in [-0.2, 0) is 6.42 Å². The number of fused-ring (bicyclic) bond motifs is 1. The van der Waals surface area contributed by atoms with E-state index in [4.69, 9.17) is 5.10 Å². The van der Waals surface area contributed by atoms with Crippen molar-refractivity contribution in [1.82, 2.24) is 9.78 Å². The van der Waals surface area contributed by atoms with Crippen LogP contribution in [-0.4, -0.2) is 16.3 Å².